The Kier molecular flexibility index (Phi) is 6.55. The number of amides is 1. The molecule has 0 heterocycles. The van der Waals surface area contributed by atoms with E-state index in [2.05, 4.69) is 5.32 Å². The zero-order valence-electron chi connectivity index (χ0n) is 11.8. The SMILES string of the molecule is CC=C(C=C(C)OCC)C(=O)NC1CCCCC1. The van der Waals surface area contributed by atoms with E-state index in [1.54, 1.807) is 0 Å². The first-order chi connectivity index (χ1) is 8.67. The highest BCUT2D eigenvalue weighted by Crippen LogP contribution is 2.18. The molecule has 1 aliphatic carbocycles. The maximum atomic E-state index is 12.1. The van der Waals surface area contributed by atoms with Gasteiger partial charge >= 0.3 is 0 Å². The second kappa shape index (κ2) is 7.96. The van der Waals surface area contributed by atoms with Gasteiger partial charge in [0.1, 0.15) is 0 Å². The molecule has 0 atom stereocenters. The second-order valence-electron chi connectivity index (χ2n) is 4.74. The molecule has 0 aromatic rings. The van der Waals surface area contributed by atoms with Crippen molar-refractivity contribution in [1.29, 1.82) is 0 Å². The Labute approximate surface area is 110 Å². The Bertz CT molecular complexity index is 325. The average molecular weight is 251 g/mol. The summed E-state index contributed by atoms with van der Waals surface area (Å²) < 4.78 is 5.35. The maximum Gasteiger partial charge on any atom is 0.251 e. The fourth-order valence-corrected chi connectivity index (χ4v) is 2.28. The fourth-order valence-electron chi connectivity index (χ4n) is 2.28. The minimum absolute atomic E-state index is 0.0171. The van der Waals surface area contributed by atoms with Crippen molar-refractivity contribution < 1.29 is 9.53 Å². The smallest absolute Gasteiger partial charge is 0.251 e. The quantitative estimate of drug-likeness (QED) is 0.462. The van der Waals surface area contributed by atoms with Gasteiger partial charge in [0.2, 0.25) is 0 Å². The summed E-state index contributed by atoms with van der Waals surface area (Å²) in [5.74, 6) is 0.799. The van der Waals surface area contributed by atoms with Crippen LogP contribution in [0.15, 0.2) is 23.5 Å². The predicted octanol–water partition coefficient (Wildman–Crippen LogP) is 3.32. The highest BCUT2D eigenvalue weighted by molar-refractivity contribution is 5.96. The van der Waals surface area contributed by atoms with Gasteiger partial charge in [-0.2, -0.15) is 0 Å². The molecule has 1 amide bonds. The van der Waals surface area contributed by atoms with Crippen LogP contribution in [0.5, 0.6) is 0 Å². The standard InChI is InChI=1S/C15H25NO2/c1-4-13(11-12(3)18-5-2)15(17)16-14-9-7-6-8-10-14/h4,11,14H,5-10H2,1-3H3,(H,16,17). The maximum absolute atomic E-state index is 12.1. The van der Waals surface area contributed by atoms with Crippen molar-refractivity contribution in [1.82, 2.24) is 5.32 Å². The Balaban J connectivity index is 2.54. The third-order valence-corrected chi connectivity index (χ3v) is 3.24. The molecule has 0 radical (unpaired) electrons. The molecule has 0 saturated heterocycles. The summed E-state index contributed by atoms with van der Waals surface area (Å²) in [6.07, 6.45) is 9.61. The number of hydrogen-bond acceptors (Lipinski definition) is 2. The molecule has 0 unspecified atom stereocenters. The van der Waals surface area contributed by atoms with E-state index >= 15 is 0 Å². The molecular weight excluding hydrogens is 226 g/mol. The molecule has 3 nitrogen and oxygen atoms in total. The van der Waals surface area contributed by atoms with E-state index in [9.17, 15) is 4.79 Å². The van der Waals surface area contributed by atoms with Crippen LogP contribution in [0.4, 0.5) is 0 Å². The van der Waals surface area contributed by atoms with Gasteiger partial charge in [-0.1, -0.05) is 25.3 Å². The molecule has 18 heavy (non-hydrogen) atoms. The van der Waals surface area contributed by atoms with Gasteiger partial charge in [0.25, 0.3) is 5.91 Å². The van der Waals surface area contributed by atoms with Gasteiger partial charge in [0, 0.05) is 11.6 Å². The molecular formula is C15H25NO2. The van der Waals surface area contributed by atoms with E-state index in [1.165, 1.54) is 19.3 Å². The highest BCUT2D eigenvalue weighted by Gasteiger charge is 2.16. The van der Waals surface area contributed by atoms with E-state index in [0.717, 1.165) is 18.6 Å². The molecule has 1 rings (SSSR count). The van der Waals surface area contributed by atoms with Gasteiger partial charge in [-0.3, -0.25) is 4.79 Å². The van der Waals surface area contributed by atoms with Crippen LogP contribution in [-0.2, 0) is 9.53 Å². The fraction of sp³-hybridized carbons (Fsp3) is 0.667. The van der Waals surface area contributed by atoms with Crippen LogP contribution in [0.3, 0.4) is 0 Å². The number of hydrogen-bond donors (Lipinski definition) is 1. The number of allylic oxidation sites excluding steroid dienone is 2. The van der Waals surface area contributed by atoms with Crippen LogP contribution < -0.4 is 5.32 Å². The molecule has 0 aromatic heterocycles. The Morgan fingerprint density at radius 3 is 2.56 bits per heavy atom. The lowest BCUT2D eigenvalue weighted by molar-refractivity contribution is -0.118. The number of nitrogens with one attached hydrogen (secondary N) is 1. The van der Waals surface area contributed by atoms with E-state index < -0.39 is 0 Å². The molecule has 0 spiro atoms. The van der Waals surface area contributed by atoms with Crippen LogP contribution in [-0.4, -0.2) is 18.6 Å². The van der Waals surface area contributed by atoms with Gasteiger partial charge < -0.3 is 10.1 Å². The van der Waals surface area contributed by atoms with Gasteiger partial charge in [0.05, 0.1) is 12.4 Å². The monoisotopic (exact) mass is 251 g/mol. The zero-order chi connectivity index (χ0) is 13.4. The molecule has 3 heteroatoms. The first-order valence-electron chi connectivity index (χ1n) is 6.95. The Morgan fingerprint density at radius 1 is 1.33 bits per heavy atom. The molecule has 0 aliphatic heterocycles. The van der Waals surface area contributed by atoms with Crippen molar-refractivity contribution in [3.8, 4) is 0 Å². The van der Waals surface area contributed by atoms with Crippen molar-refractivity contribution in [3.05, 3.63) is 23.5 Å². The number of carbonyl (C=O) groups excluding carboxylic acids is 1. The first kappa shape index (κ1) is 14.8. The van der Waals surface area contributed by atoms with Gasteiger partial charge in [-0.15, -0.1) is 0 Å². The second-order valence-corrected chi connectivity index (χ2v) is 4.74. The molecule has 0 bridgehead atoms. The van der Waals surface area contributed by atoms with Crippen molar-refractivity contribution >= 4 is 5.91 Å². The zero-order valence-corrected chi connectivity index (χ0v) is 11.8. The molecule has 102 valence electrons. The summed E-state index contributed by atoms with van der Waals surface area (Å²) >= 11 is 0. The third kappa shape index (κ3) is 4.94. The summed E-state index contributed by atoms with van der Waals surface area (Å²) in [5.41, 5.74) is 0.687. The molecule has 1 aliphatic rings. The van der Waals surface area contributed by atoms with Gasteiger partial charge in [-0.25, -0.2) is 0 Å². The summed E-state index contributed by atoms with van der Waals surface area (Å²) in [6.45, 7) is 6.32. The summed E-state index contributed by atoms with van der Waals surface area (Å²) in [6, 6.07) is 0.349. The Morgan fingerprint density at radius 2 is 2.00 bits per heavy atom. The van der Waals surface area contributed by atoms with Crippen LogP contribution in [0, 0.1) is 0 Å². The lowest BCUT2D eigenvalue weighted by Crippen LogP contribution is -2.36. The lowest BCUT2D eigenvalue weighted by Gasteiger charge is -2.23. The summed E-state index contributed by atoms with van der Waals surface area (Å²) in [4.78, 5) is 12.1. The molecule has 0 aromatic carbocycles. The summed E-state index contributed by atoms with van der Waals surface area (Å²) in [5, 5.41) is 3.11. The van der Waals surface area contributed by atoms with Crippen LogP contribution in [0.2, 0.25) is 0 Å². The topological polar surface area (TPSA) is 38.3 Å². The lowest BCUT2D eigenvalue weighted by atomic mass is 9.95. The van der Waals surface area contributed by atoms with Crippen molar-refractivity contribution in [2.24, 2.45) is 0 Å². The minimum atomic E-state index is 0.0171. The van der Waals surface area contributed by atoms with Crippen LogP contribution in [0.1, 0.15) is 52.9 Å². The number of carbonyl (C=O) groups is 1. The first-order valence-corrected chi connectivity index (χ1v) is 6.95. The molecule has 1 saturated carbocycles. The van der Waals surface area contributed by atoms with E-state index in [0.29, 0.717) is 18.2 Å². The summed E-state index contributed by atoms with van der Waals surface area (Å²) in [7, 11) is 0. The third-order valence-electron chi connectivity index (χ3n) is 3.24. The van der Waals surface area contributed by atoms with Crippen molar-refractivity contribution in [2.75, 3.05) is 6.61 Å². The number of ether oxygens (including phenoxy) is 1. The van der Waals surface area contributed by atoms with E-state index in [1.807, 2.05) is 32.9 Å². The van der Waals surface area contributed by atoms with Crippen LogP contribution >= 0.6 is 0 Å². The molecule has 1 fully saturated rings. The van der Waals surface area contributed by atoms with Crippen molar-refractivity contribution in [2.45, 2.75) is 58.9 Å². The largest absolute Gasteiger partial charge is 0.499 e. The van der Waals surface area contributed by atoms with Crippen LogP contribution in [0.25, 0.3) is 0 Å². The Hall–Kier alpha value is -1.25. The van der Waals surface area contributed by atoms with Gasteiger partial charge in [-0.05, 0) is 39.7 Å². The van der Waals surface area contributed by atoms with Gasteiger partial charge in [0.15, 0.2) is 0 Å². The minimum Gasteiger partial charge on any atom is -0.499 e. The number of rotatable bonds is 5. The van der Waals surface area contributed by atoms with E-state index in [4.69, 9.17) is 4.74 Å². The predicted molar refractivity (Wildman–Crippen MR) is 74.2 cm³/mol. The highest BCUT2D eigenvalue weighted by atomic mass is 16.5. The van der Waals surface area contributed by atoms with E-state index in [-0.39, 0.29) is 5.91 Å². The van der Waals surface area contributed by atoms with Crippen molar-refractivity contribution in [3.63, 3.8) is 0 Å². The normalized spacial score (nSPS) is 18.6. The molecule has 1 N–H and O–H groups in total. The average Bonchev–Trinajstić information content (AvgIpc) is 2.37.